The summed E-state index contributed by atoms with van der Waals surface area (Å²) in [4.78, 5) is 7.15. The van der Waals surface area contributed by atoms with E-state index >= 15 is 0 Å². The van der Waals surface area contributed by atoms with Gasteiger partial charge in [-0.15, -0.1) is 11.3 Å². The minimum Gasteiger partial charge on any atom is -0.310 e. The van der Waals surface area contributed by atoms with Gasteiger partial charge in [-0.05, 0) is 32.4 Å². The van der Waals surface area contributed by atoms with E-state index in [2.05, 4.69) is 34.4 Å². The minimum absolute atomic E-state index is 0.740. The van der Waals surface area contributed by atoms with Crippen molar-refractivity contribution in [2.75, 3.05) is 19.6 Å². The van der Waals surface area contributed by atoms with Crippen LogP contribution in [-0.2, 0) is 13.0 Å². The van der Waals surface area contributed by atoms with Crippen LogP contribution in [0.5, 0.6) is 0 Å². The van der Waals surface area contributed by atoms with Crippen molar-refractivity contribution in [2.45, 2.75) is 45.7 Å². The molecule has 0 bridgehead atoms. The number of aryl methyl sites for hydroxylation is 1. The molecule has 1 aromatic heterocycles. The van der Waals surface area contributed by atoms with Gasteiger partial charge in [0.2, 0.25) is 0 Å². The number of hydrogen-bond donors (Lipinski definition) is 1. The summed E-state index contributed by atoms with van der Waals surface area (Å²) >= 11 is 1.78. The van der Waals surface area contributed by atoms with E-state index in [-0.39, 0.29) is 0 Å². The van der Waals surface area contributed by atoms with Crippen molar-refractivity contribution >= 4 is 11.3 Å². The molecule has 1 fully saturated rings. The van der Waals surface area contributed by atoms with Crippen molar-refractivity contribution in [1.29, 1.82) is 0 Å². The molecular weight excluding hydrogens is 230 g/mol. The van der Waals surface area contributed by atoms with Crippen LogP contribution in [0.2, 0.25) is 0 Å². The van der Waals surface area contributed by atoms with Crippen molar-refractivity contribution in [3.05, 3.63) is 16.1 Å². The first kappa shape index (κ1) is 13.0. The van der Waals surface area contributed by atoms with Crippen LogP contribution in [0.25, 0.3) is 0 Å². The van der Waals surface area contributed by atoms with Gasteiger partial charge in [0.25, 0.3) is 0 Å². The molecule has 0 radical (unpaired) electrons. The van der Waals surface area contributed by atoms with Gasteiger partial charge in [0.1, 0.15) is 0 Å². The molecule has 1 aliphatic heterocycles. The molecule has 96 valence electrons. The predicted octanol–water partition coefficient (Wildman–Crippen LogP) is 2.28. The number of nitrogens with zero attached hydrogens (tertiary/aromatic N) is 2. The number of likely N-dealkylation sites (N-methyl/N-ethyl adjacent to an activating group) is 1. The summed E-state index contributed by atoms with van der Waals surface area (Å²) < 4.78 is 0. The highest BCUT2D eigenvalue weighted by Crippen LogP contribution is 2.16. The summed E-state index contributed by atoms with van der Waals surface area (Å²) in [7, 11) is 0. The first-order valence-corrected chi connectivity index (χ1v) is 7.59. The topological polar surface area (TPSA) is 28.2 Å². The highest BCUT2D eigenvalue weighted by molar-refractivity contribution is 7.09. The quantitative estimate of drug-likeness (QED) is 0.843. The monoisotopic (exact) mass is 253 g/mol. The van der Waals surface area contributed by atoms with Crippen molar-refractivity contribution in [1.82, 2.24) is 15.2 Å². The lowest BCUT2D eigenvalue weighted by atomic mass is 10.2. The molecule has 0 aliphatic carbocycles. The summed E-state index contributed by atoms with van der Waals surface area (Å²) in [5, 5.41) is 6.97. The van der Waals surface area contributed by atoms with Crippen molar-refractivity contribution in [3.63, 3.8) is 0 Å². The standard InChI is InChI=1S/C13H23N3S/c1-3-13-15-11(10-17-13)8-14-9-12-6-5-7-16(12)4-2/h10,12,14H,3-9H2,1-2H3. The molecule has 1 N–H and O–H groups in total. The average Bonchev–Trinajstić information content (AvgIpc) is 2.97. The number of aromatic nitrogens is 1. The molecule has 1 saturated heterocycles. The van der Waals surface area contributed by atoms with E-state index < -0.39 is 0 Å². The Kier molecular flexibility index (Phi) is 4.95. The minimum atomic E-state index is 0.740. The number of hydrogen-bond acceptors (Lipinski definition) is 4. The summed E-state index contributed by atoms with van der Waals surface area (Å²) in [6, 6.07) is 0.740. The van der Waals surface area contributed by atoms with Crippen LogP contribution in [0.3, 0.4) is 0 Å². The second kappa shape index (κ2) is 6.47. The fourth-order valence-electron chi connectivity index (χ4n) is 2.50. The lowest BCUT2D eigenvalue weighted by Gasteiger charge is -2.22. The second-order valence-electron chi connectivity index (χ2n) is 4.64. The molecule has 4 heteroatoms. The third-order valence-corrected chi connectivity index (χ3v) is 4.54. The number of rotatable bonds is 6. The van der Waals surface area contributed by atoms with E-state index in [1.54, 1.807) is 11.3 Å². The molecule has 1 aromatic rings. The Hall–Kier alpha value is -0.450. The fourth-order valence-corrected chi connectivity index (χ4v) is 3.25. The SMILES string of the molecule is CCc1nc(CNCC2CCCN2CC)cs1. The number of thiazole rings is 1. The maximum atomic E-state index is 4.57. The molecule has 1 unspecified atom stereocenters. The molecule has 0 amide bonds. The Morgan fingerprint density at radius 1 is 1.53 bits per heavy atom. The van der Waals surface area contributed by atoms with E-state index in [9.17, 15) is 0 Å². The van der Waals surface area contributed by atoms with Gasteiger partial charge in [0.05, 0.1) is 10.7 Å². The summed E-state index contributed by atoms with van der Waals surface area (Å²) in [5.74, 6) is 0. The third-order valence-electron chi connectivity index (χ3n) is 3.49. The van der Waals surface area contributed by atoms with Crippen molar-refractivity contribution in [2.24, 2.45) is 0 Å². The number of nitrogens with one attached hydrogen (secondary N) is 1. The molecule has 1 atom stereocenters. The Morgan fingerprint density at radius 3 is 3.12 bits per heavy atom. The van der Waals surface area contributed by atoms with Crippen LogP contribution in [0, 0.1) is 0 Å². The van der Waals surface area contributed by atoms with Gasteiger partial charge in [-0.2, -0.15) is 0 Å². The summed E-state index contributed by atoms with van der Waals surface area (Å²) in [6.45, 7) is 8.90. The lowest BCUT2D eigenvalue weighted by molar-refractivity contribution is 0.259. The molecule has 0 saturated carbocycles. The predicted molar refractivity (Wildman–Crippen MR) is 73.5 cm³/mol. The Morgan fingerprint density at radius 2 is 2.41 bits per heavy atom. The normalized spacial score (nSPS) is 21.2. The van der Waals surface area contributed by atoms with Crippen LogP contribution in [0.4, 0.5) is 0 Å². The van der Waals surface area contributed by atoms with Gasteiger partial charge in [-0.1, -0.05) is 13.8 Å². The third kappa shape index (κ3) is 3.50. The van der Waals surface area contributed by atoms with E-state index in [4.69, 9.17) is 0 Å². The van der Waals surface area contributed by atoms with Gasteiger partial charge in [0.15, 0.2) is 0 Å². The fraction of sp³-hybridized carbons (Fsp3) is 0.769. The first-order valence-electron chi connectivity index (χ1n) is 6.71. The first-order chi connectivity index (χ1) is 8.33. The zero-order valence-electron chi connectivity index (χ0n) is 10.9. The highest BCUT2D eigenvalue weighted by atomic mass is 32.1. The van der Waals surface area contributed by atoms with E-state index in [1.165, 1.54) is 36.6 Å². The molecule has 17 heavy (non-hydrogen) atoms. The average molecular weight is 253 g/mol. The van der Waals surface area contributed by atoms with Crippen LogP contribution in [-0.4, -0.2) is 35.6 Å². The van der Waals surface area contributed by atoms with Crippen LogP contribution in [0.1, 0.15) is 37.4 Å². The lowest BCUT2D eigenvalue weighted by Crippen LogP contribution is -2.37. The maximum absolute atomic E-state index is 4.57. The zero-order valence-corrected chi connectivity index (χ0v) is 11.7. The van der Waals surface area contributed by atoms with Gasteiger partial charge in [-0.25, -0.2) is 4.98 Å². The van der Waals surface area contributed by atoms with Crippen molar-refractivity contribution in [3.8, 4) is 0 Å². The van der Waals surface area contributed by atoms with Crippen LogP contribution in [0.15, 0.2) is 5.38 Å². The molecule has 2 heterocycles. The zero-order chi connectivity index (χ0) is 12.1. The Bertz CT molecular complexity index is 337. The Balaban J connectivity index is 1.72. The summed E-state index contributed by atoms with van der Waals surface area (Å²) in [5.41, 5.74) is 1.20. The van der Waals surface area contributed by atoms with Gasteiger partial charge < -0.3 is 5.32 Å². The smallest absolute Gasteiger partial charge is 0.0926 e. The molecular formula is C13H23N3S. The van der Waals surface area contributed by atoms with Crippen LogP contribution < -0.4 is 5.32 Å². The largest absolute Gasteiger partial charge is 0.310 e. The highest BCUT2D eigenvalue weighted by Gasteiger charge is 2.22. The number of likely N-dealkylation sites (tertiary alicyclic amines) is 1. The molecule has 0 aromatic carbocycles. The molecule has 1 aliphatic rings. The van der Waals surface area contributed by atoms with E-state index in [0.717, 1.165) is 25.6 Å². The van der Waals surface area contributed by atoms with E-state index in [0.29, 0.717) is 0 Å². The van der Waals surface area contributed by atoms with Gasteiger partial charge in [0, 0.05) is 24.5 Å². The molecule has 0 spiro atoms. The van der Waals surface area contributed by atoms with E-state index in [1.807, 2.05) is 0 Å². The Labute approximate surface area is 108 Å². The van der Waals surface area contributed by atoms with Gasteiger partial charge in [-0.3, -0.25) is 4.90 Å². The van der Waals surface area contributed by atoms with Gasteiger partial charge >= 0.3 is 0 Å². The molecule has 2 rings (SSSR count). The maximum Gasteiger partial charge on any atom is 0.0926 e. The second-order valence-corrected chi connectivity index (χ2v) is 5.58. The molecule has 3 nitrogen and oxygen atoms in total. The van der Waals surface area contributed by atoms with Crippen molar-refractivity contribution < 1.29 is 0 Å². The van der Waals surface area contributed by atoms with Crippen LogP contribution >= 0.6 is 11.3 Å². The summed E-state index contributed by atoms with van der Waals surface area (Å²) in [6.07, 6.45) is 3.76.